The summed E-state index contributed by atoms with van der Waals surface area (Å²) in [5, 5.41) is 38.9. The number of carbonyl (C=O) groups excluding carboxylic acids is 3. The fourth-order valence-electron chi connectivity index (χ4n) is 0.684. The number of carbonyl (C=O) groups is 3. The van der Waals surface area contributed by atoms with Gasteiger partial charge in [-0.1, -0.05) is 0 Å². The van der Waals surface area contributed by atoms with E-state index < -0.39 is 45.5 Å². The molecule has 0 aliphatic heterocycles. The fraction of sp³-hybridized carbons (Fsp3) is 0.500. The molecular formula is C6H9Na5O12Si. The molecule has 0 saturated heterocycles. The standard InChI is InChI=1S/C6H8O7.5Na.O3Si.2H2O/c7-3(8)1-6(13,5(11)12)2-4(9)10;;;;;;1-4(2)3;;/h13H,1-2H2,(H,7,8)(H,9,10)(H,11,12);;;;;;;2*1H2/q;5*+1;-2;;/p-3. The topological polar surface area (TPSA) is 267 Å². The van der Waals surface area contributed by atoms with Crippen molar-refractivity contribution < 1.29 is 208 Å². The van der Waals surface area contributed by atoms with Crippen LogP contribution in [0.2, 0.25) is 0 Å². The number of aliphatic carboxylic acids is 3. The van der Waals surface area contributed by atoms with Gasteiger partial charge in [0, 0.05) is 34.0 Å². The monoisotopic (exact) mass is 416 g/mol. The van der Waals surface area contributed by atoms with Gasteiger partial charge in [-0.2, -0.15) is 0 Å². The molecule has 0 aromatic rings. The predicted molar refractivity (Wildman–Crippen MR) is 42.9 cm³/mol. The van der Waals surface area contributed by atoms with Crippen LogP contribution in [0.5, 0.6) is 0 Å². The van der Waals surface area contributed by atoms with E-state index in [0.717, 1.165) is 0 Å². The molecule has 0 aliphatic rings. The third kappa shape index (κ3) is 39.8. The molecule has 0 radical (unpaired) electrons. The Morgan fingerprint density at radius 3 is 1.04 bits per heavy atom. The van der Waals surface area contributed by atoms with Gasteiger partial charge < -0.3 is 59.8 Å². The molecule has 0 bridgehead atoms. The average molecular weight is 416 g/mol. The van der Waals surface area contributed by atoms with Gasteiger partial charge in [0.05, 0.1) is 5.97 Å². The minimum absolute atomic E-state index is 0. The van der Waals surface area contributed by atoms with Crippen molar-refractivity contribution >= 4 is 27.1 Å². The molecule has 0 aromatic heterocycles. The molecule has 12 nitrogen and oxygen atoms in total. The Labute approximate surface area is 248 Å². The van der Waals surface area contributed by atoms with Crippen molar-refractivity contribution in [2.45, 2.75) is 18.4 Å². The van der Waals surface area contributed by atoms with E-state index in [2.05, 4.69) is 0 Å². The van der Waals surface area contributed by atoms with Gasteiger partial charge in [-0.05, 0) is 0 Å². The average Bonchev–Trinajstić information content (AvgIpc) is 1.98. The maximum absolute atomic E-state index is 10.1. The Balaban J connectivity index is -0.0000000266. The number of carboxylic acids is 3. The molecule has 24 heavy (non-hydrogen) atoms. The van der Waals surface area contributed by atoms with E-state index in [9.17, 15) is 29.7 Å². The van der Waals surface area contributed by atoms with Crippen LogP contribution in [-0.4, -0.2) is 48.7 Å². The summed E-state index contributed by atoms with van der Waals surface area (Å²) in [5.74, 6) is -5.98. The molecule has 18 heteroatoms. The minimum atomic E-state index is -3.63. The summed E-state index contributed by atoms with van der Waals surface area (Å²) in [5.41, 5.74) is -2.97. The molecular weight excluding hydrogens is 407 g/mol. The van der Waals surface area contributed by atoms with E-state index in [0.29, 0.717) is 0 Å². The first-order chi connectivity index (χ1) is 7.51. The molecule has 114 valence electrons. The summed E-state index contributed by atoms with van der Waals surface area (Å²) < 4.78 is 8.52. The zero-order valence-corrected chi connectivity index (χ0v) is 25.0. The van der Waals surface area contributed by atoms with Crippen molar-refractivity contribution in [2.75, 3.05) is 0 Å². The zero-order chi connectivity index (χ0) is 14.2. The van der Waals surface area contributed by atoms with Gasteiger partial charge >= 0.3 is 148 Å². The van der Waals surface area contributed by atoms with Crippen LogP contribution in [0.25, 0.3) is 0 Å². The second-order valence-electron chi connectivity index (χ2n) is 2.67. The van der Waals surface area contributed by atoms with Crippen LogP contribution in [0.1, 0.15) is 12.8 Å². The molecule has 5 N–H and O–H groups in total. The second kappa shape index (κ2) is 30.6. The minimum Gasteiger partial charge on any atom is -0.672 e. The first-order valence-corrected chi connectivity index (χ1v) is 4.95. The van der Waals surface area contributed by atoms with Crippen molar-refractivity contribution in [3.05, 3.63) is 0 Å². The van der Waals surface area contributed by atoms with E-state index in [1.165, 1.54) is 0 Å². The molecule has 0 aliphatic carbocycles. The van der Waals surface area contributed by atoms with Crippen LogP contribution in [0.4, 0.5) is 0 Å². The van der Waals surface area contributed by atoms with Gasteiger partial charge in [-0.25, -0.2) is 0 Å². The Hall–Kier alpha value is 2.91. The van der Waals surface area contributed by atoms with E-state index in [-0.39, 0.29) is 159 Å². The van der Waals surface area contributed by atoms with Crippen molar-refractivity contribution in [2.24, 2.45) is 0 Å². The van der Waals surface area contributed by atoms with Crippen LogP contribution >= 0.6 is 0 Å². The number of aliphatic hydroxyl groups is 1. The number of hydrogen-bond donors (Lipinski definition) is 1. The number of carboxylic acid groups (broad SMARTS) is 3. The Bertz CT molecular complexity index is 322. The van der Waals surface area contributed by atoms with Gasteiger partial charge in [0.1, 0.15) is 5.60 Å². The van der Waals surface area contributed by atoms with E-state index in [4.69, 9.17) is 19.2 Å². The van der Waals surface area contributed by atoms with E-state index in [1.54, 1.807) is 0 Å². The van der Waals surface area contributed by atoms with Crippen LogP contribution in [0.3, 0.4) is 0 Å². The van der Waals surface area contributed by atoms with Crippen molar-refractivity contribution in [1.29, 1.82) is 0 Å². The van der Waals surface area contributed by atoms with E-state index in [1.807, 2.05) is 0 Å². The quantitative estimate of drug-likeness (QED) is 0.413. The molecule has 0 saturated carbocycles. The molecule has 0 aromatic carbocycles. The van der Waals surface area contributed by atoms with Gasteiger partial charge in [0.15, 0.2) is 0 Å². The van der Waals surface area contributed by atoms with Gasteiger partial charge in [0.2, 0.25) is 0 Å². The Morgan fingerprint density at radius 2 is 0.958 bits per heavy atom. The molecule has 0 atom stereocenters. The first-order valence-electron chi connectivity index (χ1n) is 3.72. The maximum Gasteiger partial charge on any atom is 1.00 e. The fourth-order valence-corrected chi connectivity index (χ4v) is 0.684. The van der Waals surface area contributed by atoms with Gasteiger partial charge in [0.25, 0.3) is 0 Å². The van der Waals surface area contributed by atoms with E-state index >= 15 is 0 Å². The molecule has 0 fully saturated rings. The Kier molecular flexibility index (Phi) is 71.9. The first kappa shape index (κ1) is 56.3. The van der Waals surface area contributed by atoms with Crippen LogP contribution in [0, 0.1) is 0 Å². The smallest absolute Gasteiger partial charge is 0.672 e. The summed E-state index contributed by atoms with van der Waals surface area (Å²) in [4.78, 5) is 47.0. The summed E-state index contributed by atoms with van der Waals surface area (Å²) in [6.07, 6.45) is -2.72. The number of hydrogen-bond acceptors (Lipinski definition) is 10. The molecule has 0 unspecified atom stereocenters. The molecule has 0 amide bonds. The number of rotatable bonds is 5. The summed E-state index contributed by atoms with van der Waals surface area (Å²) in [6.45, 7) is 0. The summed E-state index contributed by atoms with van der Waals surface area (Å²) in [6, 6.07) is 0. The largest absolute Gasteiger partial charge is 1.00 e. The SMILES string of the molecule is O.O.O=C([O-])CC(O)(CC(=O)[O-])C(=O)[O-].O=[Si]([O-])[O-].[Na+].[Na+].[Na+].[Na+].[Na+]. The third-order valence-electron chi connectivity index (χ3n) is 1.25. The predicted octanol–water partition coefficient (Wildman–Crippen LogP) is -24.8. The van der Waals surface area contributed by atoms with Crippen molar-refractivity contribution in [3.63, 3.8) is 0 Å². The second-order valence-corrected chi connectivity index (χ2v) is 3.17. The zero-order valence-electron chi connectivity index (χ0n) is 14.0. The summed E-state index contributed by atoms with van der Waals surface area (Å²) >= 11 is 0. The molecule has 0 rings (SSSR count). The maximum atomic E-state index is 10.1. The molecule has 0 spiro atoms. The van der Waals surface area contributed by atoms with Crippen molar-refractivity contribution in [3.8, 4) is 0 Å². The van der Waals surface area contributed by atoms with Gasteiger partial charge in [-0.3, -0.25) is 0 Å². The third-order valence-corrected chi connectivity index (χ3v) is 1.25. The Morgan fingerprint density at radius 1 is 0.792 bits per heavy atom. The van der Waals surface area contributed by atoms with Gasteiger partial charge in [-0.15, -0.1) is 0 Å². The van der Waals surface area contributed by atoms with Crippen molar-refractivity contribution in [1.82, 2.24) is 0 Å². The van der Waals surface area contributed by atoms with Crippen LogP contribution in [0.15, 0.2) is 0 Å². The summed E-state index contributed by atoms with van der Waals surface area (Å²) in [7, 11) is -3.63. The van der Waals surface area contributed by atoms with Crippen LogP contribution < -0.4 is 173 Å². The molecule has 0 heterocycles. The normalized spacial score (nSPS) is 6.88. The van der Waals surface area contributed by atoms with Crippen LogP contribution in [-0.2, 0) is 18.8 Å².